The van der Waals surface area contributed by atoms with Crippen LogP contribution in [0.5, 0.6) is 0 Å². The SMILES string of the molecule is CCCCCCCCCC/C=C\CCCCCCCCCCCC(=O)OCC(O)COP(=O)(O)O. The van der Waals surface area contributed by atoms with E-state index < -0.39 is 26.5 Å². The van der Waals surface area contributed by atoms with Crippen LogP contribution in [0.15, 0.2) is 12.2 Å². The normalized spacial score (nSPS) is 12.9. The standard InChI is InChI=1S/C27H53O7P/c1-2-3-4-5-6-7-8-9-10-11-12-13-14-15-16-17-18-19-20-21-22-23-27(29)33-24-26(28)25-34-35(30,31)32/h11-12,26,28H,2-10,13-25H2,1H3,(H2,30,31,32)/b12-11-. The highest BCUT2D eigenvalue weighted by Gasteiger charge is 2.17. The van der Waals surface area contributed by atoms with Gasteiger partial charge in [0, 0.05) is 6.42 Å². The van der Waals surface area contributed by atoms with Crippen LogP contribution in [-0.2, 0) is 18.6 Å². The van der Waals surface area contributed by atoms with Gasteiger partial charge in [-0.2, -0.15) is 0 Å². The molecule has 0 aromatic heterocycles. The molecule has 1 atom stereocenters. The minimum Gasteiger partial charge on any atom is -0.463 e. The number of carbonyl (C=O) groups is 1. The van der Waals surface area contributed by atoms with Crippen LogP contribution in [0.2, 0.25) is 0 Å². The number of hydrogen-bond donors (Lipinski definition) is 3. The molecule has 3 N–H and O–H groups in total. The summed E-state index contributed by atoms with van der Waals surface area (Å²) in [6, 6.07) is 0. The molecule has 0 aliphatic rings. The number of ether oxygens (including phenoxy) is 1. The summed E-state index contributed by atoms with van der Waals surface area (Å²) in [6.45, 7) is 1.37. The Hall–Kier alpha value is -0.720. The first-order valence-electron chi connectivity index (χ1n) is 14.0. The minimum absolute atomic E-state index is 0.290. The van der Waals surface area contributed by atoms with E-state index in [9.17, 15) is 14.5 Å². The van der Waals surface area contributed by atoms with Crippen LogP contribution in [0.25, 0.3) is 0 Å². The van der Waals surface area contributed by atoms with Gasteiger partial charge in [0.1, 0.15) is 12.7 Å². The number of aliphatic hydroxyl groups excluding tert-OH is 1. The van der Waals surface area contributed by atoms with Gasteiger partial charge >= 0.3 is 13.8 Å². The topological polar surface area (TPSA) is 113 Å². The molecule has 8 heteroatoms. The van der Waals surface area contributed by atoms with Crippen LogP contribution in [0.3, 0.4) is 0 Å². The summed E-state index contributed by atoms with van der Waals surface area (Å²) in [6.07, 6.45) is 27.7. The Bertz CT molecular complexity index is 548. The Kier molecular flexibility index (Phi) is 24.4. The molecule has 0 aliphatic carbocycles. The average molecular weight is 521 g/mol. The van der Waals surface area contributed by atoms with Gasteiger partial charge in [-0.05, 0) is 32.1 Å². The second-order valence-electron chi connectivity index (χ2n) is 9.58. The number of rotatable bonds is 26. The fourth-order valence-corrected chi connectivity index (χ4v) is 4.26. The average Bonchev–Trinajstić information content (AvgIpc) is 2.82. The zero-order chi connectivity index (χ0) is 26.0. The van der Waals surface area contributed by atoms with Crippen molar-refractivity contribution < 1.29 is 33.5 Å². The fourth-order valence-electron chi connectivity index (χ4n) is 3.89. The highest BCUT2D eigenvalue weighted by molar-refractivity contribution is 7.46. The highest BCUT2D eigenvalue weighted by atomic mass is 31.2. The van der Waals surface area contributed by atoms with Gasteiger partial charge in [-0.25, -0.2) is 4.57 Å². The van der Waals surface area contributed by atoms with Gasteiger partial charge in [-0.15, -0.1) is 0 Å². The van der Waals surface area contributed by atoms with Gasteiger partial charge in [-0.1, -0.05) is 109 Å². The van der Waals surface area contributed by atoms with E-state index in [2.05, 4.69) is 23.6 Å². The number of aliphatic hydroxyl groups is 1. The van der Waals surface area contributed by atoms with Crippen molar-refractivity contribution in [2.45, 2.75) is 141 Å². The number of phosphoric acid groups is 1. The van der Waals surface area contributed by atoms with Crippen LogP contribution >= 0.6 is 7.82 Å². The van der Waals surface area contributed by atoms with Crippen molar-refractivity contribution in [3.05, 3.63) is 12.2 Å². The molecule has 35 heavy (non-hydrogen) atoms. The summed E-state index contributed by atoms with van der Waals surface area (Å²) >= 11 is 0. The van der Waals surface area contributed by atoms with Crippen molar-refractivity contribution in [3.8, 4) is 0 Å². The Morgan fingerprint density at radius 3 is 1.60 bits per heavy atom. The molecule has 0 aromatic carbocycles. The monoisotopic (exact) mass is 520 g/mol. The fraction of sp³-hybridized carbons (Fsp3) is 0.889. The predicted molar refractivity (Wildman–Crippen MR) is 142 cm³/mol. The van der Waals surface area contributed by atoms with E-state index in [1.54, 1.807) is 0 Å². The Morgan fingerprint density at radius 1 is 0.714 bits per heavy atom. The Balaban J connectivity index is 3.29. The number of carbonyl (C=O) groups excluding carboxylic acids is 1. The van der Waals surface area contributed by atoms with Gasteiger partial charge in [-0.3, -0.25) is 9.32 Å². The second kappa shape index (κ2) is 25.0. The lowest BCUT2D eigenvalue weighted by molar-refractivity contribution is -0.147. The maximum atomic E-state index is 11.6. The lowest BCUT2D eigenvalue weighted by Gasteiger charge is -2.12. The van der Waals surface area contributed by atoms with Crippen LogP contribution in [0.4, 0.5) is 0 Å². The molecule has 0 heterocycles. The molecule has 0 fully saturated rings. The molecule has 1 unspecified atom stereocenters. The first-order chi connectivity index (χ1) is 16.8. The third kappa shape index (κ3) is 29.4. The largest absolute Gasteiger partial charge is 0.469 e. The van der Waals surface area contributed by atoms with Crippen molar-refractivity contribution in [2.75, 3.05) is 13.2 Å². The van der Waals surface area contributed by atoms with Crippen molar-refractivity contribution in [2.24, 2.45) is 0 Å². The molecule has 0 amide bonds. The number of esters is 1. The molecular formula is C27H53O7P. The van der Waals surface area contributed by atoms with Crippen LogP contribution < -0.4 is 0 Å². The quantitative estimate of drug-likeness (QED) is 0.0472. The summed E-state index contributed by atoms with van der Waals surface area (Å²) < 4.78 is 19.6. The summed E-state index contributed by atoms with van der Waals surface area (Å²) in [7, 11) is -4.62. The Morgan fingerprint density at radius 2 is 1.14 bits per heavy atom. The maximum absolute atomic E-state index is 11.6. The molecule has 0 aromatic rings. The molecule has 0 saturated heterocycles. The van der Waals surface area contributed by atoms with Gasteiger partial charge in [0.2, 0.25) is 0 Å². The number of hydrogen-bond acceptors (Lipinski definition) is 5. The second-order valence-corrected chi connectivity index (χ2v) is 10.8. The highest BCUT2D eigenvalue weighted by Crippen LogP contribution is 2.35. The lowest BCUT2D eigenvalue weighted by atomic mass is 10.1. The number of allylic oxidation sites excluding steroid dienone is 2. The summed E-state index contributed by atoms with van der Waals surface area (Å²) in [4.78, 5) is 28.7. The Labute approximate surface area is 214 Å². The van der Waals surface area contributed by atoms with Crippen LogP contribution in [0.1, 0.15) is 135 Å². The van der Waals surface area contributed by atoms with Crippen molar-refractivity contribution in [1.29, 1.82) is 0 Å². The summed E-state index contributed by atoms with van der Waals surface area (Å²) in [5, 5.41) is 9.46. The molecule has 0 aliphatic heterocycles. The first-order valence-corrected chi connectivity index (χ1v) is 15.6. The van der Waals surface area contributed by atoms with Gasteiger partial charge in [0.25, 0.3) is 0 Å². The third-order valence-electron chi connectivity index (χ3n) is 6.01. The van der Waals surface area contributed by atoms with Gasteiger partial charge in [0.05, 0.1) is 6.61 Å². The van der Waals surface area contributed by atoms with E-state index in [0.29, 0.717) is 6.42 Å². The zero-order valence-electron chi connectivity index (χ0n) is 22.2. The maximum Gasteiger partial charge on any atom is 0.469 e. The molecule has 208 valence electrons. The molecular weight excluding hydrogens is 467 g/mol. The van der Waals surface area contributed by atoms with Crippen molar-refractivity contribution >= 4 is 13.8 Å². The van der Waals surface area contributed by atoms with Gasteiger partial charge < -0.3 is 19.6 Å². The van der Waals surface area contributed by atoms with E-state index in [0.717, 1.165) is 19.3 Å². The lowest BCUT2D eigenvalue weighted by Crippen LogP contribution is -2.23. The first kappa shape index (κ1) is 34.3. The van der Waals surface area contributed by atoms with E-state index in [-0.39, 0.29) is 6.61 Å². The van der Waals surface area contributed by atoms with Crippen molar-refractivity contribution in [1.82, 2.24) is 0 Å². The molecule has 0 spiro atoms. The minimum atomic E-state index is -4.62. The summed E-state index contributed by atoms with van der Waals surface area (Å²) in [5.74, 6) is -0.410. The molecule has 0 saturated carbocycles. The molecule has 0 radical (unpaired) electrons. The summed E-state index contributed by atoms with van der Waals surface area (Å²) in [5.41, 5.74) is 0. The van der Waals surface area contributed by atoms with Gasteiger partial charge in [0.15, 0.2) is 0 Å². The van der Waals surface area contributed by atoms with E-state index in [1.807, 2.05) is 0 Å². The number of unbranched alkanes of at least 4 members (excludes halogenated alkanes) is 17. The predicted octanol–water partition coefficient (Wildman–Crippen LogP) is 7.38. The molecule has 0 rings (SSSR count). The van der Waals surface area contributed by atoms with Crippen LogP contribution in [0, 0.1) is 0 Å². The zero-order valence-corrected chi connectivity index (χ0v) is 23.1. The van der Waals surface area contributed by atoms with E-state index in [1.165, 1.54) is 103 Å². The molecule has 0 bridgehead atoms. The number of phosphoric ester groups is 1. The van der Waals surface area contributed by atoms with Crippen LogP contribution in [-0.4, -0.2) is 40.2 Å². The van der Waals surface area contributed by atoms with E-state index in [4.69, 9.17) is 14.5 Å². The van der Waals surface area contributed by atoms with E-state index >= 15 is 0 Å². The smallest absolute Gasteiger partial charge is 0.463 e. The van der Waals surface area contributed by atoms with Crippen molar-refractivity contribution in [3.63, 3.8) is 0 Å². The molecule has 7 nitrogen and oxygen atoms in total. The third-order valence-corrected chi connectivity index (χ3v) is 6.50.